The minimum absolute atomic E-state index is 0.00934. The van der Waals surface area contributed by atoms with Gasteiger partial charge < -0.3 is 10.0 Å². The summed E-state index contributed by atoms with van der Waals surface area (Å²) in [6.07, 6.45) is 0. The topological polar surface area (TPSA) is 60.9 Å². The Balaban J connectivity index is 2.39. The molecule has 0 bridgehead atoms. The fraction of sp³-hybridized carbons (Fsp3) is 0.818. The van der Waals surface area contributed by atoms with Gasteiger partial charge in [0, 0.05) is 25.2 Å². The van der Waals surface area contributed by atoms with Gasteiger partial charge in [0.2, 0.25) is 5.91 Å². The van der Waals surface area contributed by atoms with Gasteiger partial charge in [-0.15, -0.1) is 11.8 Å². The lowest BCUT2D eigenvalue weighted by Gasteiger charge is -2.42. The number of carbonyl (C=O) groups excluding carboxylic acids is 1. The van der Waals surface area contributed by atoms with Crippen molar-refractivity contribution < 1.29 is 14.7 Å². The number of carbonyl (C=O) groups is 2. The summed E-state index contributed by atoms with van der Waals surface area (Å²) in [5, 5.41) is 8.50. The molecule has 6 heteroatoms. The van der Waals surface area contributed by atoms with Crippen LogP contribution in [0.25, 0.3) is 0 Å². The Bertz CT molecular complexity index is 286. The van der Waals surface area contributed by atoms with Gasteiger partial charge in [0.05, 0.1) is 11.5 Å². The average Bonchev–Trinajstić information content (AvgIpc) is 2.24. The zero-order valence-electron chi connectivity index (χ0n) is 10.5. The van der Waals surface area contributed by atoms with Crippen LogP contribution >= 0.6 is 11.8 Å². The lowest BCUT2D eigenvalue weighted by atomic mass is 10.1. The van der Waals surface area contributed by atoms with Crippen LogP contribution in [0.5, 0.6) is 0 Å². The Morgan fingerprint density at radius 1 is 1.24 bits per heavy atom. The summed E-state index contributed by atoms with van der Waals surface area (Å²) in [5.74, 6) is -0.578. The Morgan fingerprint density at radius 3 is 2.24 bits per heavy atom. The molecular formula is C11H20N2O3S. The van der Waals surface area contributed by atoms with Gasteiger partial charge in [-0.3, -0.25) is 14.5 Å². The van der Waals surface area contributed by atoms with Crippen molar-refractivity contribution in [2.75, 3.05) is 31.6 Å². The predicted octanol–water partition coefficient (Wildman–Crippen LogP) is 0.355. The third-order valence-corrected chi connectivity index (χ3v) is 4.07. The van der Waals surface area contributed by atoms with Crippen LogP contribution in [0.15, 0.2) is 0 Å². The average molecular weight is 260 g/mol. The maximum Gasteiger partial charge on any atom is 0.313 e. The number of carboxylic acid groups (broad SMARTS) is 1. The smallest absolute Gasteiger partial charge is 0.313 e. The Labute approximate surface area is 106 Å². The maximum atomic E-state index is 11.9. The first-order valence-corrected chi connectivity index (χ1v) is 6.86. The standard InChI is InChI=1S/C11H20N2O3S/c1-8-4-13(5-9(2)12(8)3)10(14)6-17-7-11(15)16/h8-9H,4-7H2,1-3H3,(H,15,16). The van der Waals surface area contributed by atoms with E-state index in [1.54, 1.807) is 0 Å². The number of nitrogens with zero attached hydrogens (tertiary/aromatic N) is 2. The minimum Gasteiger partial charge on any atom is -0.481 e. The van der Waals surface area contributed by atoms with Gasteiger partial charge in [0.15, 0.2) is 0 Å². The van der Waals surface area contributed by atoms with E-state index in [1.807, 2.05) is 4.90 Å². The molecule has 1 rings (SSSR count). The van der Waals surface area contributed by atoms with Crippen LogP contribution in [0.1, 0.15) is 13.8 Å². The van der Waals surface area contributed by atoms with Crippen molar-refractivity contribution in [2.24, 2.45) is 0 Å². The molecule has 1 heterocycles. The van der Waals surface area contributed by atoms with Crippen molar-refractivity contribution in [1.82, 2.24) is 9.80 Å². The maximum absolute atomic E-state index is 11.9. The molecule has 0 aromatic carbocycles. The van der Waals surface area contributed by atoms with E-state index in [9.17, 15) is 9.59 Å². The van der Waals surface area contributed by atoms with Crippen molar-refractivity contribution in [3.63, 3.8) is 0 Å². The molecular weight excluding hydrogens is 240 g/mol. The molecule has 1 N–H and O–H groups in total. The van der Waals surface area contributed by atoms with Crippen LogP contribution in [-0.2, 0) is 9.59 Å². The summed E-state index contributed by atoms with van der Waals surface area (Å²) in [7, 11) is 2.07. The highest BCUT2D eigenvalue weighted by Crippen LogP contribution is 2.14. The van der Waals surface area contributed by atoms with E-state index in [4.69, 9.17) is 5.11 Å². The number of hydrogen-bond acceptors (Lipinski definition) is 4. The van der Waals surface area contributed by atoms with Crippen LogP contribution < -0.4 is 0 Å². The van der Waals surface area contributed by atoms with Crippen molar-refractivity contribution in [3.05, 3.63) is 0 Å². The molecule has 1 aliphatic rings. The number of likely N-dealkylation sites (N-methyl/N-ethyl adjacent to an activating group) is 1. The summed E-state index contributed by atoms with van der Waals surface area (Å²) in [6.45, 7) is 5.65. The lowest BCUT2D eigenvalue weighted by molar-refractivity contribution is -0.133. The number of aliphatic carboxylic acids is 1. The van der Waals surface area contributed by atoms with Crippen LogP contribution in [0.4, 0.5) is 0 Å². The third kappa shape index (κ3) is 4.20. The molecule has 98 valence electrons. The zero-order chi connectivity index (χ0) is 13.0. The highest BCUT2D eigenvalue weighted by molar-refractivity contribution is 8.00. The van der Waals surface area contributed by atoms with Gasteiger partial charge in [0.25, 0.3) is 0 Å². The SMILES string of the molecule is CC1CN(C(=O)CSCC(=O)O)CC(C)N1C. The molecule has 0 saturated carbocycles. The van der Waals surface area contributed by atoms with Crippen molar-refractivity contribution in [1.29, 1.82) is 0 Å². The monoisotopic (exact) mass is 260 g/mol. The van der Waals surface area contributed by atoms with Crippen molar-refractivity contribution >= 4 is 23.6 Å². The zero-order valence-corrected chi connectivity index (χ0v) is 11.4. The van der Waals surface area contributed by atoms with Gasteiger partial charge >= 0.3 is 5.97 Å². The molecule has 0 aromatic heterocycles. The van der Waals surface area contributed by atoms with Gasteiger partial charge in [0.1, 0.15) is 0 Å². The van der Waals surface area contributed by atoms with E-state index in [-0.39, 0.29) is 17.4 Å². The summed E-state index contributed by atoms with van der Waals surface area (Å²) in [5.41, 5.74) is 0. The van der Waals surface area contributed by atoms with Gasteiger partial charge in [-0.25, -0.2) is 0 Å². The highest BCUT2D eigenvalue weighted by Gasteiger charge is 2.28. The number of piperazine rings is 1. The van der Waals surface area contributed by atoms with E-state index in [0.29, 0.717) is 12.1 Å². The highest BCUT2D eigenvalue weighted by atomic mass is 32.2. The normalized spacial score (nSPS) is 25.9. The summed E-state index contributed by atoms with van der Waals surface area (Å²) in [6, 6.07) is 0.708. The number of rotatable bonds is 4. The van der Waals surface area contributed by atoms with E-state index in [0.717, 1.165) is 24.9 Å². The molecule has 1 aliphatic heterocycles. The molecule has 2 unspecified atom stereocenters. The van der Waals surface area contributed by atoms with Gasteiger partial charge in [-0.1, -0.05) is 0 Å². The van der Waals surface area contributed by atoms with Crippen LogP contribution in [0.2, 0.25) is 0 Å². The van der Waals surface area contributed by atoms with E-state index in [2.05, 4.69) is 25.8 Å². The first-order chi connectivity index (χ1) is 7.91. The number of carboxylic acids is 1. The fourth-order valence-corrected chi connectivity index (χ4v) is 2.56. The predicted molar refractivity (Wildman–Crippen MR) is 68.2 cm³/mol. The lowest BCUT2D eigenvalue weighted by Crippen LogP contribution is -2.56. The third-order valence-electron chi connectivity index (χ3n) is 3.16. The first kappa shape index (κ1) is 14.3. The molecule has 5 nitrogen and oxygen atoms in total. The van der Waals surface area contributed by atoms with Crippen LogP contribution in [0.3, 0.4) is 0 Å². The van der Waals surface area contributed by atoms with Crippen molar-refractivity contribution in [3.8, 4) is 0 Å². The summed E-state index contributed by atoms with van der Waals surface area (Å²) in [4.78, 5) is 26.3. The molecule has 1 fully saturated rings. The Morgan fingerprint density at radius 2 is 1.76 bits per heavy atom. The second-order valence-electron chi connectivity index (χ2n) is 4.55. The second-order valence-corrected chi connectivity index (χ2v) is 5.53. The quantitative estimate of drug-likeness (QED) is 0.790. The largest absolute Gasteiger partial charge is 0.481 e. The second kappa shape index (κ2) is 6.26. The molecule has 0 spiro atoms. The van der Waals surface area contributed by atoms with Crippen LogP contribution in [-0.4, -0.2) is 70.5 Å². The van der Waals surface area contributed by atoms with E-state index in [1.165, 1.54) is 0 Å². The number of hydrogen-bond donors (Lipinski definition) is 1. The number of amides is 1. The Kier molecular flexibility index (Phi) is 5.27. The molecule has 2 atom stereocenters. The molecule has 1 amide bonds. The molecule has 0 aliphatic carbocycles. The van der Waals surface area contributed by atoms with E-state index < -0.39 is 5.97 Å². The molecule has 0 aromatic rings. The fourth-order valence-electron chi connectivity index (χ4n) is 1.93. The molecule has 1 saturated heterocycles. The summed E-state index contributed by atoms with van der Waals surface area (Å²) >= 11 is 1.16. The van der Waals surface area contributed by atoms with Gasteiger partial charge in [-0.05, 0) is 20.9 Å². The van der Waals surface area contributed by atoms with E-state index >= 15 is 0 Å². The molecule has 0 radical (unpaired) electrons. The molecule has 17 heavy (non-hydrogen) atoms. The van der Waals surface area contributed by atoms with Crippen molar-refractivity contribution in [2.45, 2.75) is 25.9 Å². The summed E-state index contributed by atoms with van der Waals surface area (Å²) < 4.78 is 0. The minimum atomic E-state index is -0.872. The van der Waals surface area contributed by atoms with Gasteiger partial charge in [-0.2, -0.15) is 0 Å². The Hall–Kier alpha value is -0.750. The first-order valence-electron chi connectivity index (χ1n) is 5.71. The number of thioether (sulfide) groups is 1. The van der Waals surface area contributed by atoms with Crippen LogP contribution in [0, 0.1) is 0 Å².